The van der Waals surface area contributed by atoms with E-state index >= 15 is 0 Å². The lowest BCUT2D eigenvalue weighted by molar-refractivity contribution is 0.0883. The summed E-state index contributed by atoms with van der Waals surface area (Å²) in [5.74, 6) is 0.734. The Bertz CT molecular complexity index is 1110. The van der Waals surface area contributed by atoms with E-state index in [9.17, 15) is 9.90 Å². The van der Waals surface area contributed by atoms with Gasteiger partial charge in [0.25, 0.3) is 0 Å². The molecular formula is C24H29N5O2. The summed E-state index contributed by atoms with van der Waals surface area (Å²) in [5, 5.41) is 13.2. The molecular weight excluding hydrogens is 390 g/mol. The molecule has 162 valence electrons. The Kier molecular flexibility index (Phi) is 4.66. The number of hydrogen-bond donors (Lipinski definition) is 3. The Morgan fingerprint density at radius 1 is 1.32 bits per heavy atom. The summed E-state index contributed by atoms with van der Waals surface area (Å²) < 4.78 is 0. The highest BCUT2D eigenvalue weighted by Gasteiger charge is 2.51. The van der Waals surface area contributed by atoms with E-state index < -0.39 is 0 Å². The Balaban J connectivity index is 1.50. The Morgan fingerprint density at radius 3 is 2.94 bits per heavy atom. The minimum atomic E-state index is -0.248. The van der Waals surface area contributed by atoms with Crippen LogP contribution in [0.4, 0.5) is 10.7 Å². The van der Waals surface area contributed by atoms with Crippen molar-refractivity contribution in [1.82, 2.24) is 19.8 Å². The SMILES string of the molecule is CN1CCC[C@@]2(C)c3cc(O)ccc3C[C@@H]1[C@@H]2N(C)C(=O)Nc1nc2ccccc2[nH]1. The minimum absolute atomic E-state index is 0.0290. The van der Waals surface area contributed by atoms with Gasteiger partial charge in [0.1, 0.15) is 5.75 Å². The van der Waals surface area contributed by atoms with Gasteiger partial charge >= 0.3 is 6.03 Å². The number of nitrogens with zero attached hydrogens (tertiary/aromatic N) is 3. The van der Waals surface area contributed by atoms with Crippen molar-refractivity contribution in [3.63, 3.8) is 0 Å². The number of likely N-dealkylation sites (N-methyl/N-ethyl adjacent to an activating group) is 2. The van der Waals surface area contributed by atoms with Gasteiger partial charge in [-0.3, -0.25) is 5.32 Å². The number of benzene rings is 2. The number of rotatable bonds is 2. The summed E-state index contributed by atoms with van der Waals surface area (Å²) in [6, 6.07) is 13.4. The van der Waals surface area contributed by atoms with E-state index in [1.165, 1.54) is 5.56 Å². The van der Waals surface area contributed by atoms with Gasteiger partial charge in [-0.15, -0.1) is 0 Å². The summed E-state index contributed by atoms with van der Waals surface area (Å²) in [5.41, 5.74) is 3.89. The first kappa shape index (κ1) is 19.9. The molecule has 31 heavy (non-hydrogen) atoms. The fourth-order valence-electron chi connectivity index (χ4n) is 5.75. The standard InChI is InChI=1S/C24H29N5O2/c1-24-11-6-12-28(2)20(13-15-9-10-16(30)14-17(15)24)21(24)29(3)23(31)27-22-25-18-7-4-5-8-19(18)26-22/h4-5,7-10,14,20-21,30H,6,11-13H2,1-3H3,(H2,25,26,27,31)/t20-,21+,24+/m1/s1. The number of amides is 2. The Morgan fingerprint density at radius 2 is 2.13 bits per heavy atom. The zero-order valence-electron chi connectivity index (χ0n) is 18.2. The van der Waals surface area contributed by atoms with Crippen molar-refractivity contribution in [3.8, 4) is 5.75 Å². The summed E-state index contributed by atoms with van der Waals surface area (Å²) in [6.45, 7) is 3.24. The molecule has 0 unspecified atom stereocenters. The van der Waals surface area contributed by atoms with Gasteiger partial charge in [-0.25, -0.2) is 9.78 Å². The molecule has 1 aromatic heterocycles. The van der Waals surface area contributed by atoms with Crippen LogP contribution in [-0.4, -0.2) is 63.6 Å². The number of para-hydroxylation sites is 2. The van der Waals surface area contributed by atoms with E-state index in [4.69, 9.17) is 0 Å². The predicted octanol–water partition coefficient (Wildman–Crippen LogP) is 3.71. The van der Waals surface area contributed by atoms with Crippen LogP contribution in [0.25, 0.3) is 11.0 Å². The number of aromatic amines is 1. The molecule has 2 heterocycles. The fourth-order valence-corrected chi connectivity index (χ4v) is 5.75. The maximum absolute atomic E-state index is 13.3. The second kappa shape index (κ2) is 7.27. The lowest BCUT2D eigenvalue weighted by Gasteiger charge is -2.51. The van der Waals surface area contributed by atoms with Crippen LogP contribution in [0.5, 0.6) is 5.75 Å². The van der Waals surface area contributed by atoms with Crippen molar-refractivity contribution in [1.29, 1.82) is 0 Å². The molecule has 2 bridgehead atoms. The zero-order valence-corrected chi connectivity index (χ0v) is 18.2. The largest absolute Gasteiger partial charge is 0.508 e. The smallest absolute Gasteiger partial charge is 0.324 e. The number of aromatic nitrogens is 2. The summed E-state index contributed by atoms with van der Waals surface area (Å²) in [6.07, 6.45) is 2.86. The number of fused-ring (bicyclic) bond motifs is 5. The number of urea groups is 1. The average Bonchev–Trinajstić information content (AvgIpc) is 3.11. The molecule has 7 nitrogen and oxygen atoms in total. The number of H-pyrrole nitrogens is 1. The van der Waals surface area contributed by atoms with E-state index in [1.807, 2.05) is 48.3 Å². The third-order valence-corrected chi connectivity index (χ3v) is 7.28. The number of imidazole rings is 1. The van der Waals surface area contributed by atoms with Crippen LogP contribution in [0.2, 0.25) is 0 Å². The lowest BCUT2D eigenvalue weighted by atomic mass is 9.64. The lowest BCUT2D eigenvalue weighted by Crippen LogP contribution is -2.62. The minimum Gasteiger partial charge on any atom is -0.508 e. The Hall–Kier alpha value is -3.06. The average molecular weight is 420 g/mol. The molecule has 1 aliphatic heterocycles. The van der Waals surface area contributed by atoms with Gasteiger partial charge < -0.3 is 19.9 Å². The second-order valence-electron chi connectivity index (χ2n) is 9.20. The van der Waals surface area contributed by atoms with Crippen molar-refractivity contribution < 1.29 is 9.90 Å². The van der Waals surface area contributed by atoms with Crippen LogP contribution in [-0.2, 0) is 11.8 Å². The Labute approximate surface area is 182 Å². The number of carbonyl (C=O) groups excluding carboxylic acids is 1. The van der Waals surface area contributed by atoms with Crippen molar-refractivity contribution in [3.05, 3.63) is 53.6 Å². The van der Waals surface area contributed by atoms with Gasteiger partial charge in [-0.1, -0.05) is 25.1 Å². The molecule has 0 spiro atoms. The van der Waals surface area contributed by atoms with Gasteiger partial charge in [0, 0.05) is 18.5 Å². The first-order valence-corrected chi connectivity index (χ1v) is 10.9. The van der Waals surface area contributed by atoms with Crippen LogP contribution >= 0.6 is 0 Å². The quantitative estimate of drug-likeness (QED) is 0.591. The van der Waals surface area contributed by atoms with Crippen molar-refractivity contribution in [2.45, 2.75) is 43.7 Å². The van der Waals surface area contributed by atoms with Gasteiger partial charge in [-0.05, 0) is 68.2 Å². The third kappa shape index (κ3) is 3.24. The molecule has 3 atom stereocenters. The van der Waals surface area contributed by atoms with Crippen LogP contribution in [0, 0.1) is 0 Å². The maximum atomic E-state index is 13.3. The number of phenols is 1. The topological polar surface area (TPSA) is 84.5 Å². The molecule has 5 rings (SSSR count). The van der Waals surface area contributed by atoms with Gasteiger partial charge in [0.15, 0.2) is 0 Å². The summed E-state index contributed by atoms with van der Waals surface area (Å²) >= 11 is 0. The number of aromatic hydroxyl groups is 1. The highest BCUT2D eigenvalue weighted by molar-refractivity contribution is 5.90. The van der Waals surface area contributed by atoms with Crippen molar-refractivity contribution >= 4 is 23.0 Å². The third-order valence-electron chi connectivity index (χ3n) is 7.28. The molecule has 0 saturated carbocycles. The van der Waals surface area contributed by atoms with Crippen LogP contribution in [0.1, 0.15) is 30.9 Å². The normalized spacial score (nSPS) is 25.6. The molecule has 2 aliphatic rings. The van der Waals surface area contributed by atoms with E-state index in [0.717, 1.165) is 42.4 Å². The number of likely N-dealkylation sites (tertiary alicyclic amines) is 1. The first-order chi connectivity index (χ1) is 14.9. The van der Waals surface area contributed by atoms with Crippen molar-refractivity contribution in [2.24, 2.45) is 0 Å². The highest BCUT2D eigenvalue weighted by Crippen LogP contribution is 2.47. The van der Waals surface area contributed by atoms with Gasteiger partial charge in [0.2, 0.25) is 5.95 Å². The van der Waals surface area contributed by atoms with E-state index in [-0.39, 0.29) is 29.3 Å². The highest BCUT2D eigenvalue weighted by atomic mass is 16.3. The van der Waals surface area contributed by atoms with E-state index in [0.29, 0.717) is 5.95 Å². The molecule has 1 aliphatic carbocycles. The summed E-state index contributed by atoms with van der Waals surface area (Å²) in [4.78, 5) is 25.2. The number of phenolic OH excluding ortho intramolecular Hbond substituents is 1. The summed E-state index contributed by atoms with van der Waals surface area (Å²) in [7, 11) is 4.03. The molecule has 3 N–H and O–H groups in total. The number of nitrogens with one attached hydrogen (secondary N) is 2. The molecule has 1 saturated heterocycles. The number of carbonyl (C=O) groups is 1. The molecule has 2 amide bonds. The van der Waals surface area contributed by atoms with Crippen molar-refractivity contribution in [2.75, 3.05) is 26.0 Å². The first-order valence-electron chi connectivity index (χ1n) is 10.9. The fraction of sp³-hybridized carbons (Fsp3) is 0.417. The van der Waals surface area contributed by atoms with Crippen LogP contribution in [0.15, 0.2) is 42.5 Å². The zero-order chi connectivity index (χ0) is 21.8. The van der Waals surface area contributed by atoms with E-state index in [1.54, 1.807) is 6.07 Å². The molecule has 2 aromatic carbocycles. The molecule has 1 fully saturated rings. The van der Waals surface area contributed by atoms with Crippen LogP contribution in [0.3, 0.4) is 0 Å². The van der Waals surface area contributed by atoms with E-state index in [2.05, 4.69) is 34.2 Å². The number of anilines is 1. The number of hydrogen-bond acceptors (Lipinski definition) is 4. The predicted molar refractivity (Wildman–Crippen MR) is 121 cm³/mol. The van der Waals surface area contributed by atoms with Crippen LogP contribution < -0.4 is 5.32 Å². The molecule has 3 aromatic rings. The molecule has 7 heteroatoms. The second-order valence-corrected chi connectivity index (χ2v) is 9.20. The monoisotopic (exact) mass is 419 g/mol. The maximum Gasteiger partial charge on any atom is 0.324 e. The molecule has 0 radical (unpaired) electrons. The van der Waals surface area contributed by atoms with Gasteiger partial charge in [-0.2, -0.15) is 0 Å². The van der Waals surface area contributed by atoms with Gasteiger partial charge in [0.05, 0.1) is 17.1 Å².